The van der Waals surface area contributed by atoms with Gasteiger partial charge < -0.3 is 25.4 Å². The first-order valence-corrected chi connectivity index (χ1v) is 12.5. The van der Waals surface area contributed by atoms with Crippen LogP contribution in [0.1, 0.15) is 83.1 Å². The largest absolute Gasteiger partial charge is 0.508 e. The number of hydrogen-bond acceptors (Lipinski definition) is 6. The third-order valence-electron chi connectivity index (χ3n) is 6.97. The summed E-state index contributed by atoms with van der Waals surface area (Å²) in [6.07, 6.45) is 2.66. The minimum absolute atomic E-state index is 0.0713. The van der Waals surface area contributed by atoms with Gasteiger partial charge in [0.05, 0.1) is 13.0 Å². The number of amides is 2. The second-order valence-electron chi connectivity index (χ2n) is 11.9. The summed E-state index contributed by atoms with van der Waals surface area (Å²) in [5.74, 6) is -1.07. The van der Waals surface area contributed by atoms with Gasteiger partial charge in [-0.25, -0.2) is 0 Å². The zero-order valence-corrected chi connectivity index (χ0v) is 22.1. The van der Waals surface area contributed by atoms with Crippen LogP contribution in [-0.4, -0.2) is 65.1 Å². The molecule has 1 aliphatic heterocycles. The van der Waals surface area contributed by atoms with Crippen LogP contribution in [0.5, 0.6) is 5.75 Å². The molecule has 3 N–H and O–H groups in total. The van der Waals surface area contributed by atoms with Crippen molar-refractivity contribution in [1.82, 2.24) is 15.5 Å². The van der Waals surface area contributed by atoms with E-state index in [1.54, 1.807) is 17.0 Å². The summed E-state index contributed by atoms with van der Waals surface area (Å²) in [6.45, 7) is 12.7. The lowest BCUT2D eigenvalue weighted by atomic mass is 9.80. The van der Waals surface area contributed by atoms with Gasteiger partial charge in [-0.15, -0.1) is 0 Å². The minimum Gasteiger partial charge on any atom is -0.508 e. The molecule has 1 saturated carbocycles. The highest BCUT2D eigenvalue weighted by Gasteiger charge is 2.45. The maximum Gasteiger partial charge on any atom is 0.310 e. The van der Waals surface area contributed by atoms with Crippen molar-refractivity contribution in [3.8, 4) is 5.75 Å². The van der Waals surface area contributed by atoms with Crippen molar-refractivity contribution in [1.29, 1.82) is 0 Å². The Hall–Kier alpha value is -2.61. The maximum atomic E-state index is 13.3. The normalized spacial score (nSPS) is 25.5. The average Bonchev–Trinajstić information content (AvgIpc) is 3.11. The fourth-order valence-electron chi connectivity index (χ4n) is 5.36. The highest BCUT2D eigenvalue weighted by Crippen LogP contribution is 2.34. The first-order valence-electron chi connectivity index (χ1n) is 12.5. The maximum absolute atomic E-state index is 13.3. The van der Waals surface area contributed by atoms with E-state index in [0.717, 1.165) is 6.42 Å². The molecule has 0 bridgehead atoms. The van der Waals surface area contributed by atoms with Crippen molar-refractivity contribution < 1.29 is 24.2 Å². The molecule has 0 radical (unpaired) electrons. The zero-order valence-electron chi connectivity index (χ0n) is 22.1. The van der Waals surface area contributed by atoms with Crippen molar-refractivity contribution in [2.24, 2.45) is 5.92 Å². The van der Waals surface area contributed by atoms with Crippen LogP contribution in [0.3, 0.4) is 0 Å². The summed E-state index contributed by atoms with van der Waals surface area (Å²) < 4.78 is 5.10. The lowest BCUT2D eigenvalue weighted by molar-refractivity contribution is -0.151. The number of aromatic hydroxyl groups is 1. The van der Waals surface area contributed by atoms with Gasteiger partial charge in [0.25, 0.3) is 5.91 Å². The van der Waals surface area contributed by atoms with E-state index >= 15 is 0 Å². The molecule has 1 saturated heterocycles. The van der Waals surface area contributed by atoms with E-state index in [1.807, 2.05) is 20.8 Å². The van der Waals surface area contributed by atoms with Crippen LogP contribution in [0.2, 0.25) is 0 Å². The number of carbonyl (C=O) groups excluding carboxylic acids is 3. The fourth-order valence-corrected chi connectivity index (χ4v) is 5.36. The predicted molar refractivity (Wildman–Crippen MR) is 134 cm³/mol. The molecule has 3 unspecified atom stereocenters. The molecule has 2 fully saturated rings. The number of esters is 1. The Bertz CT molecular complexity index is 963. The van der Waals surface area contributed by atoms with Crippen LogP contribution >= 0.6 is 0 Å². The van der Waals surface area contributed by atoms with Crippen molar-refractivity contribution in [3.05, 3.63) is 29.3 Å². The average molecular weight is 488 g/mol. The van der Waals surface area contributed by atoms with Crippen molar-refractivity contribution in [2.45, 2.75) is 96.3 Å². The molecule has 1 aliphatic carbocycles. The van der Waals surface area contributed by atoms with Crippen LogP contribution in [0, 0.1) is 5.92 Å². The van der Waals surface area contributed by atoms with Gasteiger partial charge in [0.2, 0.25) is 5.91 Å². The second kappa shape index (κ2) is 10.2. The third kappa shape index (κ3) is 6.34. The number of carbonyl (C=O) groups is 3. The summed E-state index contributed by atoms with van der Waals surface area (Å²) in [5.41, 5.74) is 0.674. The van der Waals surface area contributed by atoms with E-state index in [4.69, 9.17) is 4.74 Å². The predicted octanol–water partition coefficient (Wildman–Crippen LogP) is 3.12. The molecule has 0 aromatic heterocycles. The molecule has 8 nitrogen and oxygen atoms in total. The number of benzene rings is 1. The van der Waals surface area contributed by atoms with E-state index in [9.17, 15) is 19.5 Å². The van der Waals surface area contributed by atoms with Crippen molar-refractivity contribution >= 4 is 17.8 Å². The second-order valence-corrected chi connectivity index (χ2v) is 11.9. The van der Waals surface area contributed by atoms with Crippen molar-refractivity contribution in [3.63, 3.8) is 0 Å². The first-order chi connectivity index (χ1) is 16.2. The molecule has 1 aromatic rings. The van der Waals surface area contributed by atoms with Crippen molar-refractivity contribution in [2.75, 3.05) is 13.7 Å². The fraction of sp³-hybridized carbons (Fsp3) is 0.667. The quantitative estimate of drug-likeness (QED) is 0.551. The van der Waals surface area contributed by atoms with Gasteiger partial charge in [-0.05, 0) is 70.1 Å². The molecular formula is C27H41N3O5. The summed E-state index contributed by atoms with van der Waals surface area (Å²) in [7, 11) is 1.39. The van der Waals surface area contributed by atoms with Gasteiger partial charge in [0.15, 0.2) is 0 Å². The van der Waals surface area contributed by atoms with Crippen LogP contribution < -0.4 is 10.6 Å². The number of phenols is 1. The van der Waals surface area contributed by atoms with Crippen LogP contribution in [0.25, 0.3) is 0 Å². The molecule has 0 spiro atoms. The number of nitrogens with zero attached hydrogens (tertiary/aromatic N) is 1. The van der Waals surface area contributed by atoms with E-state index in [1.165, 1.54) is 13.2 Å². The molecule has 194 valence electrons. The number of likely N-dealkylation sites (tertiary alicyclic amines) is 1. The zero-order chi connectivity index (χ0) is 26.1. The Balaban J connectivity index is 1.71. The van der Waals surface area contributed by atoms with Gasteiger partial charge in [0.1, 0.15) is 11.8 Å². The molecule has 35 heavy (non-hydrogen) atoms. The van der Waals surface area contributed by atoms with Crippen LogP contribution in [0.4, 0.5) is 0 Å². The SMILES string of the molecule is COC(=O)C1CC(NC(C)(C)C)CCC1N1CC[C@H](NC(=O)c2ccc(O)c(C(C)(C)C)c2)C1=O. The third-order valence-corrected chi connectivity index (χ3v) is 6.97. The molecule has 2 aliphatic rings. The summed E-state index contributed by atoms with van der Waals surface area (Å²) in [6, 6.07) is 4.06. The molecule has 3 rings (SSSR count). The lowest BCUT2D eigenvalue weighted by Gasteiger charge is -2.41. The number of phenolic OH excluding ortho intramolecular Hbond substituents is 1. The number of rotatable bonds is 5. The van der Waals surface area contributed by atoms with E-state index < -0.39 is 12.0 Å². The standard InChI is InChI=1S/C27H41N3O5/c1-26(2,3)19-14-16(8-11-22(19)31)23(32)28-20-12-13-30(24(20)33)21-10-9-17(29-27(4,5)6)15-18(21)25(34)35-7/h8,11,14,17-18,20-21,29,31H,9-10,12-13,15H2,1-7H3,(H,28,32)/t17?,18?,20-,21?/m0/s1. The first kappa shape index (κ1) is 27.0. The molecule has 2 amide bonds. The van der Waals surface area contributed by atoms with Gasteiger partial charge in [-0.1, -0.05) is 20.8 Å². The molecule has 4 atom stereocenters. The summed E-state index contributed by atoms with van der Waals surface area (Å²) >= 11 is 0. The number of ether oxygens (including phenoxy) is 1. The van der Waals surface area contributed by atoms with Crippen LogP contribution in [-0.2, 0) is 19.7 Å². The summed E-state index contributed by atoms with van der Waals surface area (Å²) in [4.78, 5) is 40.7. The summed E-state index contributed by atoms with van der Waals surface area (Å²) in [5, 5.41) is 16.6. The lowest BCUT2D eigenvalue weighted by Crippen LogP contribution is -2.55. The Morgan fingerprint density at radius 2 is 1.77 bits per heavy atom. The Kier molecular flexibility index (Phi) is 7.84. The Morgan fingerprint density at radius 3 is 2.37 bits per heavy atom. The number of nitrogens with one attached hydrogen (secondary N) is 2. The van der Waals surface area contributed by atoms with Gasteiger partial charge in [-0.3, -0.25) is 14.4 Å². The van der Waals surface area contributed by atoms with Gasteiger partial charge in [-0.2, -0.15) is 0 Å². The monoisotopic (exact) mass is 487 g/mol. The van der Waals surface area contributed by atoms with E-state index in [2.05, 4.69) is 31.4 Å². The number of hydrogen-bond donors (Lipinski definition) is 3. The Morgan fingerprint density at radius 1 is 1.09 bits per heavy atom. The topological polar surface area (TPSA) is 108 Å². The molecular weight excluding hydrogens is 446 g/mol. The number of methoxy groups -OCH3 is 1. The Labute approximate surface area is 208 Å². The van der Waals surface area contributed by atoms with E-state index in [0.29, 0.717) is 36.9 Å². The van der Waals surface area contributed by atoms with E-state index in [-0.39, 0.29) is 46.6 Å². The highest BCUT2D eigenvalue weighted by molar-refractivity contribution is 5.98. The molecule has 1 aromatic carbocycles. The molecule has 1 heterocycles. The van der Waals surface area contributed by atoms with Gasteiger partial charge in [0, 0.05) is 35.3 Å². The smallest absolute Gasteiger partial charge is 0.310 e. The van der Waals surface area contributed by atoms with Gasteiger partial charge >= 0.3 is 5.97 Å². The molecule has 8 heteroatoms. The minimum atomic E-state index is -0.641. The highest BCUT2D eigenvalue weighted by atomic mass is 16.5. The van der Waals surface area contributed by atoms with Crippen LogP contribution in [0.15, 0.2) is 18.2 Å².